The lowest BCUT2D eigenvalue weighted by atomic mass is 10.1. The maximum Gasteiger partial charge on any atom is 0.322 e. The molecule has 0 saturated heterocycles. The molecular weight excluding hydrogens is 352 g/mol. The number of aromatic amines is 1. The van der Waals surface area contributed by atoms with Crippen molar-refractivity contribution < 1.29 is 18.3 Å². The Bertz CT molecular complexity index is 1070. The molecule has 1 unspecified atom stereocenters. The Morgan fingerprint density at radius 3 is 2.62 bits per heavy atom. The minimum Gasteiger partial charge on any atom is -0.480 e. The van der Waals surface area contributed by atoms with E-state index in [1.165, 1.54) is 6.07 Å². The number of rotatable bonds is 6. The molecule has 1 heterocycles. The molecule has 0 amide bonds. The van der Waals surface area contributed by atoms with Gasteiger partial charge in [0.2, 0.25) is 10.0 Å². The number of para-hydroxylation sites is 1. The van der Waals surface area contributed by atoms with Crippen LogP contribution in [0, 0.1) is 13.8 Å². The van der Waals surface area contributed by atoms with Crippen LogP contribution in [0.1, 0.15) is 16.7 Å². The lowest BCUT2D eigenvalue weighted by Gasteiger charge is -2.16. The van der Waals surface area contributed by atoms with Crippen molar-refractivity contribution in [1.82, 2.24) is 9.71 Å². The van der Waals surface area contributed by atoms with Gasteiger partial charge >= 0.3 is 5.97 Å². The predicted octanol–water partition coefficient (Wildman–Crippen LogP) is 2.76. The first-order valence-corrected chi connectivity index (χ1v) is 9.63. The highest BCUT2D eigenvalue weighted by Crippen LogP contribution is 2.21. The van der Waals surface area contributed by atoms with Gasteiger partial charge in [0.1, 0.15) is 6.04 Å². The quantitative estimate of drug-likeness (QED) is 0.619. The van der Waals surface area contributed by atoms with Gasteiger partial charge in [-0.15, -0.1) is 0 Å². The number of carboxylic acid groups (broad SMARTS) is 1. The Morgan fingerprint density at radius 2 is 1.92 bits per heavy atom. The predicted molar refractivity (Wildman–Crippen MR) is 99.7 cm³/mol. The van der Waals surface area contributed by atoms with Gasteiger partial charge in [0.25, 0.3) is 0 Å². The van der Waals surface area contributed by atoms with Crippen molar-refractivity contribution in [1.29, 1.82) is 0 Å². The summed E-state index contributed by atoms with van der Waals surface area (Å²) in [5.74, 6) is -1.22. The molecule has 0 bridgehead atoms. The molecule has 3 rings (SSSR count). The standard InChI is InChI=1S/C19H20N2O4S/c1-12-7-8-18(13(2)9-12)26(24,25)21-17(19(22)23)10-14-11-20-16-6-4-3-5-15(14)16/h3-9,11,17,20-21H,10H2,1-2H3,(H,22,23). The minimum atomic E-state index is -3.95. The van der Waals surface area contributed by atoms with E-state index in [1.807, 2.05) is 31.2 Å². The molecule has 0 fully saturated rings. The van der Waals surface area contributed by atoms with E-state index in [0.717, 1.165) is 22.0 Å². The zero-order valence-electron chi connectivity index (χ0n) is 14.5. The maximum absolute atomic E-state index is 12.7. The largest absolute Gasteiger partial charge is 0.480 e. The average molecular weight is 372 g/mol. The van der Waals surface area contributed by atoms with Crippen LogP contribution in [0.2, 0.25) is 0 Å². The topological polar surface area (TPSA) is 99.3 Å². The number of hydrogen-bond donors (Lipinski definition) is 3. The van der Waals surface area contributed by atoms with E-state index in [9.17, 15) is 18.3 Å². The van der Waals surface area contributed by atoms with E-state index in [1.54, 1.807) is 25.3 Å². The van der Waals surface area contributed by atoms with Crippen LogP contribution < -0.4 is 4.72 Å². The monoisotopic (exact) mass is 372 g/mol. The second-order valence-corrected chi connectivity index (χ2v) is 8.03. The lowest BCUT2D eigenvalue weighted by Crippen LogP contribution is -2.42. The van der Waals surface area contributed by atoms with Crippen molar-refractivity contribution in [2.24, 2.45) is 0 Å². The Hall–Kier alpha value is -2.64. The molecule has 136 valence electrons. The molecule has 1 atom stereocenters. The van der Waals surface area contributed by atoms with Crippen LogP contribution in [-0.2, 0) is 21.2 Å². The van der Waals surface area contributed by atoms with Crippen molar-refractivity contribution in [3.05, 3.63) is 65.4 Å². The summed E-state index contributed by atoms with van der Waals surface area (Å²) in [7, 11) is -3.95. The number of fused-ring (bicyclic) bond motifs is 1. The Balaban J connectivity index is 1.90. The minimum absolute atomic E-state index is 0.0451. The van der Waals surface area contributed by atoms with Crippen molar-refractivity contribution >= 4 is 26.9 Å². The van der Waals surface area contributed by atoms with E-state index in [-0.39, 0.29) is 11.3 Å². The SMILES string of the molecule is Cc1ccc(S(=O)(=O)NC(Cc2c[nH]c3ccccc23)C(=O)O)c(C)c1. The molecular formula is C19H20N2O4S. The molecule has 0 radical (unpaired) electrons. The fourth-order valence-electron chi connectivity index (χ4n) is 3.05. The highest BCUT2D eigenvalue weighted by atomic mass is 32.2. The van der Waals surface area contributed by atoms with Gasteiger partial charge in [-0.3, -0.25) is 4.79 Å². The summed E-state index contributed by atoms with van der Waals surface area (Å²) in [5.41, 5.74) is 3.14. The summed E-state index contributed by atoms with van der Waals surface area (Å²) < 4.78 is 27.7. The van der Waals surface area contributed by atoms with E-state index < -0.39 is 22.0 Å². The highest BCUT2D eigenvalue weighted by Gasteiger charge is 2.27. The van der Waals surface area contributed by atoms with Gasteiger partial charge in [0.15, 0.2) is 0 Å². The van der Waals surface area contributed by atoms with E-state index in [0.29, 0.717) is 5.56 Å². The zero-order valence-corrected chi connectivity index (χ0v) is 15.3. The first-order chi connectivity index (χ1) is 12.3. The van der Waals surface area contributed by atoms with Crippen molar-refractivity contribution in [2.75, 3.05) is 0 Å². The molecule has 3 N–H and O–H groups in total. The third-order valence-corrected chi connectivity index (χ3v) is 5.95. The van der Waals surface area contributed by atoms with Crippen LogP contribution in [-0.4, -0.2) is 30.5 Å². The number of aryl methyl sites for hydroxylation is 2. The zero-order chi connectivity index (χ0) is 18.9. The third-order valence-electron chi connectivity index (χ3n) is 4.31. The van der Waals surface area contributed by atoms with Gasteiger partial charge in [-0.05, 0) is 37.1 Å². The Kier molecular flexibility index (Phi) is 4.84. The first kappa shape index (κ1) is 18.2. The number of benzene rings is 2. The molecule has 26 heavy (non-hydrogen) atoms. The van der Waals surface area contributed by atoms with Crippen LogP contribution in [0.15, 0.2) is 53.6 Å². The van der Waals surface area contributed by atoms with Gasteiger partial charge in [-0.25, -0.2) is 8.42 Å². The summed E-state index contributed by atoms with van der Waals surface area (Å²) in [5, 5.41) is 10.4. The average Bonchev–Trinajstić information content (AvgIpc) is 2.97. The van der Waals surface area contributed by atoms with Gasteiger partial charge in [-0.2, -0.15) is 4.72 Å². The van der Waals surface area contributed by atoms with Gasteiger partial charge in [-0.1, -0.05) is 35.9 Å². The molecule has 6 nitrogen and oxygen atoms in total. The Labute approximate surface area is 151 Å². The van der Waals surface area contributed by atoms with E-state index in [2.05, 4.69) is 9.71 Å². The number of carboxylic acids is 1. The maximum atomic E-state index is 12.7. The number of sulfonamides is 1. The van der Waals surface area contributed by atoms with Crippen molar-refractivity contribution in [3.8, 4) is 0 Å². The number of hydrogen-bond acceptors (Lipinski definition) is 3. The summed E-state index contributed by atoms with van der Waals surface area (Å²) in [4.78, 5) is 14.8. The second kappa shape index (κ2) is 6.93. The number of nitrogens with one attached hydrogen (secondary N) is 2. The van der Waals surface area contributed by atoms with Gasteiger partial charge in [0, 0.05) is 23.5 Å². The van der Waals surface area contributed by atoms with Crippen molar-refractivity contribution in [3.63, 3.8) is 0 Å². The van der Waals surface area contributed by atoms with Gasteiger partial charge < -0.3 is 10.1 Å². The molecule has 0 aliphatic heterocycles. The normalized spacial score (nSPS) is 13.0. The molecule has 7 heteroatoms. The van der Waals surface area contributed by atoms with Crippen LogP contribution in [0.5, 0.6) is 0 Å². The van der Waals surface area contributed by atoms with Crippen molar-refractivity contribution in [2.45, 2.75) is 31.2 Å². The second-order valence-electron chi connectivity index (χ2n) is 6.34. The smallest absolute Gasteiger partial charge is 0.322 e. The molecule has 2 aromatic carbocycles. The van der Waals surface area contributed by atoms with Gasteiger partial charge in [0.05, 0.1) is 4.90 Å². The van der Waals surface area contributed by atoms with E-state index in [4.69, 9.17) is 0 Å². The lowest BCUT2D eigenvalue weighted by molar-refractivity contribution is -0.138. The Morgan fingerprint density at radius 1 is 1.19 bits per heavy atom. The highest BCUT2D eigenvalue weighted by molar-refractivity contribution is 7.89. The fraction of sp³-hybridized carbons (Fsp3) is 0.211. The van der Waals surface area contributed by atoms with Crippen LogP contribution in [0.25, 0.3) is 10.9 Å². The molecule has 0 spiro atoms. The summed E-state index contributed by atoms with van der Waals surface area (Å²) >= 11 is 0. The molecule has 0 saturated carbocycles. The van der Waals surface area contributed by atoms with E-state index >= 15 is 0 Å². The summed E-state index contributed by atoms with van der Waals surface area (Å²) in [6.07, 6.45) is 1.76. The first-order valence-electron chi connectivity index (χ1n) is 8.15. The van der Waals surface area contributed by atoms with Crippen LogP contribution in [0.4, 0.5) is 0 Å². The molecule has 0 aliphatic rings. The number of H-pyrrole nitrogens is 1. The summed E-state index contributed by atoms with van der Waals surface area (Å²) in [6.45, 7) is 3.56. The number of aromatic nitrogens is 1. The molecule has 3 aromatic rings. The van der Waals surface area contributed by atoms with Crippen LogP contribution in [0.3, 0.4) is 0 Å². The number of carbonyl (C=O) groups is 1. The third kappa shape index (κ3) is 3.63. The molecule has 1 aromatic heterocycles. The fourth-order valence-corrected chi connectivity index (χ4v) is 4.47. The summed E-state index contributed by atoms with van der Waals surface area (Å²) in [6, 6.07) is 11.2. The molecule has 0 aliphatic carbocycles. The van der Waals surface area contributed by atoms with Crippen LogP contribution >= 0.6 is 0 Å². The number of aliphatic carboxylic acids is 1.